The van der Waals surface area contributed by atoms with Crippen molar-refractivity contribution in [3.8, 4) is 0 Å². The highest BCUT2D eigenvalue weighted by molar-refractivity contribution is 6.15. The molecular weight excluding hydrogens is 364 g/mol. The van der Waals surface area contributed by atoms with E-state index in [-0.39, 0.29) is 29.6 Å². The normalized spacial score (nSPS) is 26.6. The number of para-hydroxylation sites is 2. The van der Waals surface area contributed by atoms with Crippen LogP contribution in [-0.4, -0.2) is 48.4 Å². The van der Waals surface area contributed by atoms with Gasteiger partial charge in [-0.15, -0.1) is 12.4 Å². The minimum atomic E-state index is -0.720. The molecule has 1 aromatic carbocycles. The summed E-state index contributed by atoms with van der Waals surface area (Å²) in [6.07, 6.45) is 4.44. The van der Waals surface area contributed by atoms with E-state index in [4.69, 9.17) is 5.73 Å². The van der Waals surface area contributed by atoms with E-state index in [9.17, 15) is 9.59 Å². The Morgan fingerprint density at radius 2 is 1.93 bits per heavy atom. The smallest absolute Gasteiger partial charge is 0.250 e. The number of hydrogen-bond acceptors (Lipinski definition) is 4. The Labute approximate surface area is 166 Å². The van der Waals surface area contributed by atoms with Crippen LogP contribution in [0.5, 0.6) is 0 Å². The van der Waals surface area contributed by atoms with Crippen LogP contribution in [0.1, 0.15) is 39.0 Å². The first-order valence-electron chi connectivity index (χ1n) is 9.63. The second-order valence-corrected chi connectivity index (χ2v) is 8.41. The molecular formula is C20H29ClN4O2. The Kier molecular flexibility index (Phi) is 5.52. The molecule has 1 atom stereocenters. The molecule has 4 rings (SSSR count). The first kappa shape index (κ1) is 20.1. The van der Waals surface area contributed by atoms with Gasteiger partial charge in [-0.25, -0.2) is 0 Å². The van der Waals surface area contributed by atoms with Crippen LogP contribution in [0.25, 0.3) is 0 Å². The Morgan fingerprint density at radius 1 is 1.22 bits per heavy atom. The van der Waals surface area contributed by atoms with Gasteiger partial charge in [-0.2, -0.15) is 0 Å². The number of hydrogen-bond donors (Lipinski definition) is 2. The van der Waals surface area contributed by atoms with Gasteiger partial charge in [0.05, 0.1) is 17.9 Å². The van der Waals surface area contributed by atoms with Crippen LogP contribution in [0.2, 0.25) is 0 Å². The summed E-state index contributed by atoms with van der Waals surface area (Å²) in [4.78, 5) is 30.3. The van der Waals surface area contributed by atoms with Crippen LogP contribution in [0.3, 0.4) is 0 Å². The Hall–Kier alpha value is -1.63. The first-order valence-corrected chi connectivity index (χ1v) is 9.63. The van der Waals surface area contributed by atoms with Crippen molar-refractivity contribution in [3.63, 3.8) is 0 Å². The molecule has 1 aliphatic carbocycles. The Morgan fingerprint density at radius 3 is 2.59 bits per heavy atom. The van der Waals surface area contributed by atoms with Gasteiger partial charge in [0.25, 0.3) is 5.91 Å². The minimum Gasteiger partial charge on any atom is -0.330 e. The lowest BCUT2D eigenvalue weighted by Gasteiger charge is -2.44. The maximum absolute atomic E-state index is 13.4. The molecule has 0 aromatic heterocycles. The SMILES string of the molecule is CC1(CN)CCN(CC(=O)N2c3ccccc3NC(=O)C23CCCC3)C1.Cl. The fourth-order valence-corrected chi connectivity index (χ4v) is 4.82. The summed E-state index contributed by atoms with van der Waals surface area (Å²) in [5, 5.41) is 3.03. The summed E-state index contributed by atoms with van der Waals surface area (Å²) < 4.78 is 0. The van der Waals surface area contributed by atoms with Crippen molar-refractivity contribution >= 4 is 35.6 Å². The Bertz CT molecular complexity index is 734. The van der Waals surface area contributed by atoms with Gasteiger partial charge in [0.2, 0.25) is 5.91 Å². The fraction of sp³-hybridized carbons (Fsp3) is 0.600. The van der Waals surface area contributed by atoms with Crippen molar-refractivity contribution in [2.45, 2.75) is 44.6 Å². The summed E-state index contributed by atoms with van der Waals surface area (Å²) in [6.45, 7) is 4.88. The molecule has 7 heteroatoms. The lowest BCUT2D eigenvalue weighted by atomic mass is 9.89. The largest absolute Gasteiger partial charge is 0.330 e. The summed E-state index contributed by atoms with van der Waals surface area (Å²) in [5.74, 6) is -0.00857. The first-order chi connectivity index (χ1) is 12.5. The van der Waals surface area contributed by atoms with Crippen LogP contribution in [-0.2, 0) is 9.59 Å². The number of nitrogens with zero attached hydrogens (tertiary/aromatic N) is 2. The molecule has 0 bridgehead atoms. The van der Waals surface area contributed by atoms with Crippen LogP contribution in [0.15, 0.2) is 24.3 Å². The van der Waals surface area contributed by atoms with Gasteiger partial charge in [-0.3, -0.25) is 19.4 Å². The molecule has 2 amide bonds. The van der Waals surface area contributed by atoms with Crippen molar-refractivity contribution < 1.29 is 9.59 Å². The zero-order chi connectivity index (χ0) is 18.4. The molecule has 2 aliphatic heterocycles. The maximum atomic E-state index is 13.4. The van der Waals surface area contributed by atoms with E-state index in [0.29, 0.717) is 13.1 Å². The van der Waals surface area contributed by atoms with E-state index in [1.165, 1.54) is 0 Å². The third kappa shape index (κ3) is 3.35. The zero-order valence-corrected chi connectivity index (χ0v) is 16.7. The molecule has 27 heavy (non-hydrogen) atoms. The molecule has 1 aromatic rings. The number of fused-ring (bicyclic) bond motifs is 1. The number of benzene rings is 1. The fourth-order valence-electron chi connectivity index (χ4n) is 4.82. The molecule has 2 heterocycles. The number of carbonyl (C=O) groups excluding carboxylic acids is 2. The van der Waals surface area contributed by atoms with Crippen molar-refractivity contribution in [3.05, 3.63) is 24.3 Å². The van der Waals surface area contributed by atoms with Crippen LogP contribution in [0.4, 0.5) is 11.4 Å². The number of amides is 2. The zero-order valence-electron chi connectivity index (χ0n) is 15.9. The lowest BCUT2D eigenvalue weighted by molar-refractivity contribution is -0.128. The number of anilines is 2. The van der Waals surface area contributed by atoms with Gasteiger partial charge < -0.3 is 11.1 Å². The number of likely N-dealkylation sites (tertiary alicyclic amines) is 1. The third-order valence-electron chi connectivity index (χ3n) is 6.41. The van der Waals surface area contributed by atoms with Crippen molar-refractivity contribution in [2.75, 3.05) is 36.4 Å². The predicted octanol–water partition coefficient (Wildman–Crippen LogP) is 2.38. The van der Waals surface area contributed by atoms with Crippen LogP contribution < -0.4 is 16.0 Å². The van der Waals surface area contributed by atoms with Crippen LogP contribution >= 0.6 is 12.4 Å². The van der Waals surface area contributed by atoms with Crippen molar-refractivity contribution in [1.82, 2.24) is 4.90 Å². The summed E-state index contributed by atoms with van der Waals surface area (Å²) >= 11 is 0. The number of nitrogens with one attached hydrogen (secondary N) is 1. The van der Waals surface area contributed by atoms with Gasteiger partial charge >= 0.3 is 0 Å². The van der Waals surface area contributed by atoms with Gasteiger partial charge in [-0.05, 0) is 49.9 Å². The second kappa shape index (κ2) is 7.41. The number of rotatable bonds is 3. The van der Waals surface area contributed by atoms with E-state index in [0.717, 1.165) is 56.6 Å². The molecule has 148 valence electrons. The molecule has 1 spiro atoms. The van der Waals surface area contributed by atoms with Gasteiger partial charge in [0, 0.05) is 6.54 Å². The molecule has 0 radical (unpaired) electrons. The van der Waals surface area contributed by atoms with Crippen molar-refractivity contribution in [1.29, 1.82) is 0 Å². The quantitative estimate of drug-likeness (QED) is 0.827. The third-order valence-corrected chi connectivity index (χ3v) is 6.41. The highest BCUT2D eigenvalue weighted by atomic mass is 35.5. The maximum Gasteiger partial charge on any atom is 0.250 e. The monoisotopic (exact) mass is 392 g/mol. The van der Waals surface area contributed by atoms with E-state index in [2.05, 4.69) is 17.1 Å². The lowest BCUT2D eigenvalue weighted by Crippen LogP contribution is -2.62. The summed E-state index contributed by atoms with van der Waals surface area (Å²) in [5.41, 5.74) is 6.84. The number of carbonyl (C=O) groups is 2. The molecule has 1 saturated carbocycles. The minimum absolute atomic E-state index is 0. The number of halogens is 1. The summed E-state index contributed by atoms with van der Waals surface area (Å²) in [7, 11) is 0. The standard InChI is InChI=1S/C20H28N4O2.ClH/c1-19(13-21)10-11-23(14-19)12-17(25)24-16-7-3-2-6-15(16)22-18(26)20(24)8-4-5-9-20;/h2-3,6-7H,4-5,8-14,21H2,1H3,(H,22,26);1H. The van der Waals surface area contributed by atoms with E-state index >= 15 is 0 Å². The number of nitrogens with two attached hydrogens (primary N) is 1. The molecule has 3 N–H and O–H groups in total. The predicted molar refractivity (Wildman–Crippen MR) is 109 cm³/mol. The Balaban J connectivity index is 0.00000210. The average Bonchev–Trinajstić information content (AvgIpc) is 3.25. The highest BCUT2D eigenvalue weighted by Gasteiger charge is 2.52. The molecule has 6 nitrogen and oxygen atoms in total. The molecule has 2 fully saturated rings. The topological polar surface area (TPSA) is 78.7 Å². The molecule has 3 aliphatic rings. The highest BCUT2D eigenvalue weighted by Crippen LogP contribution is 2.45. The van der Waals surface area contributed by atoms with E-state index in [1.54, 1.807) is 0 Å². The molecule has 1 saturated heterocycles. The van der Waals surface area contributed by atoms with Gasteiger partial charge in [0.1, 0.15) is 5.54 Å². The average molecular weight is 393 g/mol. The summed E-state index contributed by atoms with van der Waals surface area (Å²) in [6, 6.07) is 7.64. The second-order valence-electron chi connectivity index (χ2n) is 8.41. The molecule has 1 unspecified atom stereocenters. The van der Waals surface area contributed by atoms with Crippen molar-refractivity contribution in [2.24, 2.45) is 11.1 Å². The van der Waals surface area contributed by atoms with Crippen LogP contribution in [0, 0.1) is 5.41 Å². The van der Waals surface area contributed by atoms with Gasteiger partial charge in [0.15, 0.2) is 0 Å². The van der Waals surface area contributed by atoms with E-state index in [1.807, 2.05) is 29.2 Å². The van der Waals surface area contributed by atoms with E-state index < -0.39 is 5.54 Å². The van der Waals surface area contributed by atoms with Gasteiger partial charge in [-0.1, -0.05) is 31.9 Å².